The van der Waals surface area contributed by atoms with E-state index in [1.807, 2.05) is 48.7 Å². The van der Waals surface area contributed by atoms with E-state index in [0.717, 1.165) is 22.2 Å². The van der Waals surface area contributed by atoms with Crippen molar-refractivity contribution in [3.05, 3.63) is 76.2 Å². The van der Waals surface area contributed by atoms with Crippen LogP contribution in [-0.2, 0) is 13.2 Å². The van der Waals surface area contributed by atoms with Crippen LogP contribution < -0.4 is 9.47 Å². The van der Waals surface area contributed by atoms with Gasteiger partial charge in [-0.05, 0) is 36.4 Å². The average Bonchev–Trinajstić information content (AvgIpc) is 3.15. The standard InChI is InChI=1S/C20H16Cl2N4O2/c1-27-16-6-7-18-13(9-16)8-14(20(22)23-18)10-26-11-15(24-25-26)12-28-19-5-3-2-4-17(19)21/h2-9,11H,10,12H2,1H3. The number of pyridine rings is 1. The first-order valence-electron chi connectivity index (χ1n) is 8.52. The molecule has 0 aliphatic heterocycles. The van der Waals surface area contributed by atoms with Crippen LogP contribution in [0, 0.1) is 0 Å². The van der Waals surface area contributed by atoms with Gasteiger partial charge in [0.05, 0.1) is 30.4 Å². The Labute approximate surface area is 171 Å². The summed E-state index contributed by atoms with van der Waals surface area (Å²) in [7, 11) is 1.63. The van der Waals surface area contributed by atoms with Crippen molar-refractivity contribution in [3.8, 4) is 11.5 Å². The number of hydrogen-bond donors (Lipinski definition) is 0. The molecule has 0 amide bonds. The molecule has 142 valence electrons. The highest BCUT2D eigenvalue weighted by molar-refractivity contribution is 6.32. The topological polar surface area (TPSA) is 62.1 Å². The summed E-state index contributed by atoms with van der Waals surface area (Å²) in [6.45, 7) is 0.711. The smallest absolute Gasteiger partial charge is 0.138 e. The third-order valence-electron chi connectivity index (χ3n) is 4.18. The van der Waals surface area contributed by atoms with Gasteiger partial charge in [0.2, 0.25) is 0 Å². The molecular weight excluding hydrogens is 399 g/mol. The molecule has 0 aliphatic rings. The Bertz CT molecular complexity index is 1130. The van der Waals surface area contributed by atoms with E-state index < -0.39 is 0 Å². The number of benzene rings is 2. The van der Waals surface area contributed by atoms with E-state index in [1.165, 1.54) is 0 Å². The fourth-order valence-corrected chi connectivity index (χ4v) is 3.18. The van der Waals surface area contributed by atoms with Crippen molar-refractivity contribution in [2.75, 3.05) is 7.11 Å². The molecule has 0 N–H and O–H groups in total. The third-order valence-corrected chi connectivity index (χ3v) is 4.82. The van der Waals surface area contributed by atoms with E-state index in [1.54, 1.807) is 17.9 Å². The third kappa shape index (κ3) is 4.03. The number of hydrogen-bond acceptors (Lipinski definition) is 5. The number of nitrogens with zero attached hydrogens (tertiary/aromatic N) is 4. The molecule has 8 heteroatoms. The molecule has 4 aromatic rings. The largest absolute Gasteiger partial charge is 0.497 e. The van der Waals surface area contributed by atoms with Crippen LogP contribution in [0.25, 0.3) is 10.9 Å². The molecule has 0 bridgehead atoms. The molecule has 0 saturated heterocycles. The van der Waals surface area contributed by atoms with Crippen LogP contribution in [0.15, 0.2) is 54.7 Å². The Morgan fingerprint density at radius 2 is 1.93 bits per heavy atom. The molecule has 0 fully saturated rings. The van der Waals surface area contributed by atoms with Gasteiger partial charge in [-0.25, -0.2) is 9.67 Å². The predicted molar refractivity (Wildman–Crippen MR) is 108 cm³/mol. The second kappa shape index (κ2) is 8.04. The number of ether oxygens (including phenoxy) is 2. The van der Waals surface area contributed by atoms with Gasteiger partial charge in [0.1, 0.15) is 29.0 Å². The summed E-state index contributed by atoms with van der Waals surface area (Å²) in [5.41, 5.74) is 2.33. The zero-order chi connectivity index (χ0) is 19.5. The van der Waals surface area contributed by atoms with Crippen LogP contribution in [0.2, 0.25) is 10.2 Å². The van der Waals surface area contributed by atoms with Crippen molar-refractivity contribution >= 4 is 34.1 Å². The summed E-state index contributed by atoms with van der Waals surface area (Å²) in [5, 5.41) is 10.2. The van der Waals surface area contributed by atoms with Crippen molar-refractivity contribution in [2.45, 2.75) is 13.2 Å². The second-order valence-electron chi connectivity index (χ2n) is 6.12. The van der Waals surface area contributed by atoms with E-state index in [2.05, 4.69) is 15.3 Å². The minimum atomic E-state index is 0.268. The van der Waals surface area contributed by atoms with Gasteiger partial charge in [-0.1, -0.05) is 40.5 Å². The Kier molecular flexibility index (Phi) is 5.32. The lowest BCUT2D eigenvalue weighted by Crippen LogP contribution is -2.02. The summed E-state index contributed by atoms with van der Waals surface area (Å²) in [5.74, 6) is 1.37. The molecule has 0 spiro atoms. The highest BCUT2D eigenvalue weighted by atomic mass is 35.5. The van der Waals surface area contributed by atoms with E-state index >= 15 is 0 Å². The van der Waals surface area contributed by atoms with Crippen LogP contribution >= 0.6 is 23.2 Å². The summed E-state index contributed by atoms with van der Waals surface area (Å²) in [4.78, 5) is 4.45. The minimum Gasteiger partial charge on any atom is -0.497 e. The van der Waals surface area contributed by atoms with E-state index in [0.29, 0.717) is 28.2 Å². The van der Waals surface area contributed by atoms with Gasteiger partial charge in [-0.15, -0.1) is 5.10 Å². The zero-order valence-electron chi connectivity index (χ0n) is 15.0. The Hall–Kier alpha value is -2.83. The molecule has 28 heavy (non-hydrogen) atoms. The molecule has 6 nitrogen and oxygen atoms in total. The molecule has 2 heterocycles. The molecule has 2 aromatic heterocycles. The molecular formula is C20H16Cl2N4O2. The summed E-state index contributed by atoms with van der Waals surface area (Å²) in [6, 6.07) is 14.9. The van der Waals surface area contributed by atoms with Crippen molar-refractivity contribution in [1.82, 2.24) is 20.0 Å². The molecule has 0 saturated carbocycles. The lowest BCUT2D eigenvalue weighted by molar-refractivity contribution is 0.301. The number of rotatable bonds is 6. The second-order valence-corrected chi connectivity index (χ2v) is 6.89. The highest BCUT2D eigenvalue weighted by Gasteiger charge is 2.09. The Morgan fingerprint density at radius 3 is 2.75 bits per heavy atom. The normalized spacial score (nSPS) is 11.0. The lowest BCUT2D eigenvalue weighted by atomic mass is 10.1. The van der Waals surface area contributed by atoms with Crippen molar-refractivity contribution < 1.29 is 9.47 Å². The molecule has 0 aliphatic carbocycles. The van der Waals surface area contributed by atoms with E-state index in [9.17, 15) is 0 Å². The van der Waals surface area contributed by atoms with Crippen molar-refractivity contribution in [1.29, 1.82) is 0 Å². The van der Waals surface area contributed by atoms with Crippen LogP contribution in [0.4, 0.5) is 0 Å². The van der Waals surface area contributed by atoms with E-state index in [-0.39, 0.29) is 6.61 Å². The highest BCUT2D eigenvalue weighted by Crippen LogP contribution is 2.25. The maximum atomic E-state index is 6.35. The van der Waals surface area contributed by atoms with Crippen LogP contribution in [0.1, 0.15) is 11.3 Å². The fourth-order valence-electron chi connectivity index (χ4n) is 2.78. The quantitative estimate of drug-likeness (QED) is 0.425. The van der Waals surface area contributed by atoms with Crippen LogP contribution in [0.5, 0.6) is 11.5 Å². The van der Waals surface area contributed by atoms with Gasteiger partial charge in [-0.3, -0.25) is 0 Å². The number of methoxy groups -OCH3 is 1. The van der Waals surface area contributed by atoms with Gasteiger partial charge in [0.25, 0.3) is 0 Å². The number of para-hydroxylation sites is 1. The van der Waals surface area contributed by atoms with E-state index in [4.69, 9.17) is 32.7 Å². The van der Waals surface area contributed by atoms with Crippen LogP contribution in [0.3, 0.4) is 0 Å². The molecule has 0 unspecified atom stereocenters. The molecule has 0 atom stereocenters. The number of fused-ring (bicyclic) bond motifs is 1. The average molecular weight is 415 g/mol. The maximum Gasteiger partial charge on any atom is 0.138 e. The molecule has 4 rings (SSSR count). The minimum absolute atomic E-state index is 0.268. The van der Waals surface area contributed by atoms with Crippen LogP contribution in [-0.4, -0.2) is 27.1 Å². The molecule has 2 aromatic carbocycles. The Morgan fingerprint density at radius 1 is 1.07 bits per heavy atom. The lowest BCUT2D eigenvalue weighted by Gasteiger charge is -2.07. The number of halogens is 2. The predicted octanol–water partition coefficient (Wildman–Crippen LogP) is 4.77. The summed E-state index contributed by atoms with van der Waals surface area (Å²) in [6.07, 6.45) is 1.81. The maximum absolute atomic E-state index is 6.35. The van der Waals surface area contributed by atoms with Gasteiger partial charge >= 0.3 is 0 Å². The monoisotopic (exact) mass is 414 g/mol. The first kappa shape index (κ1) is 18.5. The van der Waals surface area contributed by atoms with Gasteiger partial charge in [0, 0.05) is 10.9 Å². The van der Waals surface area contributed by atoms with Gasteiger partial charge in [0.15, 0.2) is 0 Å². The molecule has 0 radical (unpaired) electrons. The van der Waals surface area contributed by atoms with Crippen molar-refractivity contribution in [3.63, 3.8) is 0 Å². The Balaban J connectivity index is 1.50. The fraction of sp³-hybridized carbons (Fsp3) is 0.150. The summed E-state index contributed by atoms with van der Waals surface area (Å²) >= 11 is 12.4. The first-order valence-corrected chi connectivity index (χ1v) is 9.27. The van der Waals surface area contributed by atoms with Crippen molar-refractivity contribution in [2.24, 2.45) is 0 Å². The first-order chi connectivity index (χ1) is 13.6. The van der Waals surface area contributed by atoms with Gasteiger partial charge < -0.3 is 9.47 Å². The zero-order valence-corrected chi connectivity index (χ0v) is 16.5. The SMILES string of the molecule is COc1ccc2nc(Cl)c(Cn3cc(COc4ccccc4Cl)nn3)cc2c1. The van der Waals surface area contributed by atoms with Gasteiger partial charge in [-0.2, -0.15) is 0 Å². The summed E-state index contributed by atoms with van der Waals surface area (Å²) < 4.78 is 12.7. The number of aromatic nitrogens is 4.